The van der Waals surface area contributed by atoms with Gasteiger partial charge in [0.05, 0.1) is 7.11 Å². The number of hydrogen-bond acceptors (Lipinski definition) is 3. The molecule has 0 amide bonds. The number of methoxy groups -OCH3 is 1. The van der Waals surface area contributed by atoms with Crippen LogP contribution in [0.25, 0.3) is 0 Å². The lowest BCUT2D eigenvalue weighted by Gasteiger charge is -2.12. The number of rotatable bonds is 5. The molecular formula is C14H19N3O2. The summed E-state index contributed by atoms with van der Waals surface area (Å²) in [6.07, 6.45) is 1.53. The van der Waals surface area contributed by atoms with Crippen molar-refractivity contribution in [3.63, 3.8) is 0 Å². The van der Waals surface area contributed by atoms with E-state index >= 15 is 0 Å². The van der Waals surface area contributed by atoms with Gasteiger partial charge in [-0.3, -0.25) is 4.57 Å². The lowest BCUT2D eigenvalue weighted by atomic mass is 10.1. The number of hydrogen-bond donors (Lipinski definition) is 1. The Hall–Kier alpha value is -2.04. The first-order chi connectivity index (χ1) is 9.15. The average molecular weight is 261 g/mol. The van der Waals surface area contributed by atoms with Crippen molar-refractivity contribution in [1.29, 1.82) is 0 Å². The lowest BCUT2D eigenvalue weighted by molar-refractivity contribution is 0.414. The van der Waals surface area contributed by atoms with Crippen LogP contribution in [0.4, 0.5) is 0 Å². The molecule has 0 saturated carbocycles. The van der Waals surface area contributed by atoms with Crippen LogP contribution < -0.4 is 10.4 Å². The Bertz CT molecular complexity index is 583. The molecule has 0 fully saturated rings. The summed E-state index contributed by atoms with van der Waals surface area (Å²) in [5, 5.41) is 6.64. The molecule has 5 heteroatoms. The van der Waals surface area contributed by atoms with E-state index in [9.17, 15) is 4.79 Å². The van der Waals surface area contributed by atoms with E-state index in [1.165, 1.54) is 0 Å². The maximum absolute atomic E-state index is 11.8. The van der Waals surface area contributed by atoms with Crippen LogP contribution in [0.2, 0.25) is 0 Å². The number of benzene rings is 1. The molecule has 1 atom stereocenters. The topological polar surface area (TPSA) is 59.9 Å². The quantitative estimate of drug-likeness (QED) is 0.897. The Morgan fingerprint density at radius 1 is 1.37 bits per heavy atom. The molecule has 102 valence electrons. The van der Waals surface area contributed by atoms with Gasteiger partial charge < -0.3 is 4.74 Å². The van der Waals surface area contributed by atoms with Crippen molar-refractivity contribution in [2.24, 2.45) is 0 Å². The largest absolute Gasteiger partial charge is 0.497 e. The maximum Gasteiger partial charge on any atom is 0.343 e. The molecule has 19 heavy (non-hydrogen) atoms. The maximum atomic E-state index is 11.8. The second-order valence-electron chi connectivity index (χ2n) is 4.60. The Morgan fingerprint density at radius 2 is 2.05 bits per heavy atom. The molecule has 2 aromatic rings. The summed E-state index contributed by atoms with van der Waals surface area (Å²) < 4.78 is 6.85. The number of H-pyrrole nitrogens is 1. The first-order valence-corrected chi connectivity index (χ1v) is 6.44. The SMILES string of the molecule is CCC(C)n1c(Cc2ccc(OC)cc2)n[nH]c1=O. The first kappa shape index (κ1) is 13.4. The summed E-state index contributed by atoms with van der Waals surface area (Å²) in [5.74, 6) is 1.59. The van der Waals surface area contributed by atoms with Crippen molar-refractivity contribution >= 4 is 0 Å². The monoisotopic (exact) mass is 261 g/mol. The summed E-state index contributed by atoms with van der Waals surface area (Å²) in [7, 11) is 1.64. The Balaban J connectivity index is 2.25. The summed E-state index contributed by atoms with van der Waals surface area (Å²) in [5.41, 5.74) is 0.960. The molecule has 0 aliphatic rings. The molecule has 0 saturated heterocycles. The van der Waals surface area contributed by atoms with E-state index in [0.29, 0.717) is 6.42 Å². The summed E-state index contributed by atoms with van der Waals surface area (Å²) in [6.45, 7) is 4.08. The van der Waals surface area contributed by atoms with Crippen LogP contribution in [0.5, 0.6) is 5.75 Å². The molecule has 1 heterocycles. The van der Waals surface area contributed by atoms with Crippen molar-refractivity contribution in [1.82, 2.24) is 14.8 Å². The third-order valence-electron chi connectivity index (χ3n) is 3.33. The second-order valence-corrected chi connectivity index (χ2v) is 4.60. The summed E-state index contributed by atoms with van der Waals surface area (Å²) in [4.78, 5) is 11.8. The zero-order valence-corrected chi connectivity index (χ0v) is 11.5. The molecule has 5 nitrogen and oxygen atoms in total. The highest BCUT2D eigenvalue weighted by molar-refractivity contribution is 5.28. The van der Waals surface area contributed by atoms with Gasteiger partial charge in [0.1, 0.15) is 11.6 Å². The zero-order chi connectivity index (χ0) is 13.8. The van der Waals surface area contributed by atoms with Crippen molar-refractivity contribution in [3.8, 4) is 5.75 Å². The number of aromatic nitrogens is 3. The number of aromatic amines is 1. The van der Waals surface area contributed by atoms with Crippen LogP contribution in [0.3, 0.4) is 0 Å². The molecule has 1 unspecified atom stereocenters. The number of ether oxygens (including phenoxy) is 1. The minimum Gasteiger partial charge on any atom is -0.497 e. The Kier molecular flexibility index (Phi) is 4.04. The fraction of sp³-hybridized carbons (Fsp3) is 0.429. The summed E-state index contributed by atoms with van der Waals surface area (Å²) in [6, 6.07) is 7.94. The van der Waals surface area contributed by atoms with Crippen LogP contribution in [0.15, 0.2) is 29.1 Å². The van der Waals surface area contributed by atoms with Gasteiger partial charge in [-0.05, 0) is 31.0 Å². The molecular weight excluding hydrogens is 242 g/mol. The standard InChI is InChI=1S/C14H19N3O2/c1-4-10(2)17-13(15-16-14(17)18)9-11-5-7-12(19-3)8-6-11/h5-8,10H,4,9H2,1-3H3,(H,16,18). The smallest absolute Gasteiger partial charge is 0.343 e. The second kappa shape index (κ2) is 5.73. The highest BCUT2D eigenvalue weighted by Gasteiger charge is 2.13. The van der Waals surface area contributed by atoms with Crippen LogP contribution in [-0.2, 0) is 6.42 Å². The summed E-state index contributed by atoms with van der Waals surface area (Å²) >= 11 is 0. The van der Waals surface area contributed by atoms with E-state index in [-0.39, 0.29) is 11.7 Å². The highest BCUT2D eigenvalue weighted by Crippen LogP contribution is 2.15. The van der Waals surface area contributed by atoms with Gasteiger partial charge in [0.25, 0.3) is 0 Å². The van der Waals surface area contributed by atoms with E-state index < -0.39 is 0 Å². The zero-order valence-electron chi connectivity index (χ0n) is 11.5. The Morgan fingerprint density at radius 3 is 2.63 bits per heavy atom. The first-order valence-electron chi connectivity index (χ1n) is 6.44. The average Bonchev–Trinajstić information content (AvgIpc) is 2.80. The van der Waals surface area contributed by atoms with E-state index in [0.717, 1.165) is 23.6 Å². The molecule has 0 spiro atoms. The van der Waals surface area contributed by atoms with Crippen molar-refractivity contribution in [2.75, 3.05) is 7.11 Å². The van der Waals surface area contributed by atoms with Crippen LogP contribution >= 0.6 is 0 Å². The van der Waals surface area contributed by atoms with Crippen molar-refractivity contribution in [3.05, 3.63) is 46.1 Å². The van der Waals surface area contributed by atoms with Gasteiger partial charge in [-0.2, -0.15) is 5.10 Å². The van der Waals surface area contributed by atoms with Gasteiger partial charge in [-0.15, -0.1) is 0 Å². The van der Waals surface area contributed by atoms with Crippen LogP contribution in [0, 0.1) is 0 Å². The van der Waals surface area contributed by atoms with Gasteiger partial charge >= 0.3 is 5.69 Å². The van der Waals surface area contributed by atoms with Crippen molar-refractivity contribution < 1.29 is 4.74 Å². The van der Waals surface area contributed by atoms with Gasteiger partial charge in [0.15, 0.2) is 0 Å². The van der Waals surface area contributed by atoms with Gasteiger partial charge in [0, 0.05) is 12.5 Å². The molecule has 0 aliphatic heterocycles. The van der Waals surface area contributed by atoms with Crippen LogP contribution in [0.1, 0.15) is 37.7 Å². The predicted molar refractivity (Wildman–Crippen MR) is 73.6 cm³/mol. The van der Waals surface area contributed by atoms with Crippen LogP contribution in [-0.4, -0.2) is 21.9 Å². The van der Waals surface area contributed by atoms with E-state index in [2.05, 4.69) is 17.1 Å². The molecule has 0 bridgehead atoms. The van der Waals surface area contributed by atoms with E-state index in [4.69, 9.17) is 4.74 Å². The van der Waals surface area contributed by atoms with E-state index in [1.807, 2.05) is 31.2 Å². The third kappa shape index (κ3) is 2.86. The Labute approximate surface area is 112 Å². The molecule has 1 N–H and O–H groups in total. The fourth-order valence-corrected chi connectivity index (χ4v) is 2.03. The molecule has 0 aliphatic carbocycles. The lowest BCUT2D eigenvalue weighted by Crippen LogP contribution is -2.22. The molecule has 2 rings (SSSR count). The molecule has 0 radical (unpaired) electrons. The minimum absolute atomic E-state index is 0.141. The highest BCUT2D eigenvalue weighted by atomic mass is 16.5. The van der Waals surface area contributed by atoms with Gasteiger partial charge in [-0.25, -0.2) is 9.89 Å². The minimum atomic E-state index is -0.141. The van der Waals surface area contributed by atoms with Crippen molar-refractivity contribution in [2.45, 2.75) is 32.7 Å². The molecule has 1 aromatic heterocycles. The molecule has 1 aromatic carbocycles. The van der Waals surface area contributed by atoms with E-state index in [1.54, 1.807) is 11.7 Å². The predicted octanol–water partition coefficient (Wildman–Crippen LogP) is 2.14. The number of nitrogens with one attached hydrogen (secondary N) is 1. The fourth-order valence-electron chi connectivity index (χ4n) is 2.03. The number of nitrogens with zero attached hydrogens (tertiary/aromatic N) is 2. The third-order valence-corrected chi connectivity index (χ3v) is 3.33. The van der Waals surface area contributed by atoms with Gasteiger partial charge in [0.2, 0.25) is 0 Å². The van der Waals surface area contributed by atoms with Gasteiger partial charge in [-0.1, -0.05) is 19.1 Å². The normalized spacial score (nSPS) is 12.4.